The Hall–Kier alpha value is -2.79. The van der Waals surface area contributed by atoms with Gasteiger partial charge >= 0.3 is 11.9 Å². The van der Waals surface area contributed by atoms with Crippen LogP contribution in [0.5, 0.6) is 0 Å². The minimum absolute atomic E-state index is 0.391. The summed E-state index contributed by atoms with van der Waals surface area (Å²) in [5.74, 6) is -1.21. The predicted octanol–water partition coefficient (Wildman–Crippen LogP) is 3.85. The minimum Gasteiger partial charge on any atom is -0.386 e. The van der Waals surface area contributed by atoms with E-state index in [9.17, 15) is 9.59 Å². The van der Waals surface area contributed by atoms with E-state index in [1.807, 2.05) is 25.3 Å². The van der Waals surface area contributed by atoms with Crippen molar-refractivity contribution in [3.63, 3.8) is 0 Å². The van der Waals surface area contributed by atoms with Gasteiger partial charge in [0, 0.05) is 17.5 Å². The van der Waals surface area contributed by atoms with Gasteiger partial charge in [0.05, 0.1) is 21.9 Å². The summed E-state index contributed by atoms with van der Waals surface area (Å²) >= 11 is 1.64. The highest BCUT2D eigenvalue weighted by Crippen LogP contribution is 2.44. The number of cyclic esters (lactones) is 2. The second-order valence-electron chi connectivity index (χ2n) is 5.44. The van der Waals surface area contributed by atoms with Gasteiger partial charge in [0.2, 0.25) is 0 Å². The fraction of sp³-hybridized carbons (Fsp3) is 0.0526. The Labute approximate surface area is 143 Å². The van der Waals surface area contributed by atoms with Crippen LogP contribution in [0, 0.1) is 0 Å². The Morgan fingerprint density at radius 1 is 0.917 bits per heavy atom. The molecule has 0 amide bonds. The summed E-state index contributed by atoms with van der Waals surface area (Å²) in [5.41, 5.74) is 2.55. The van der Waals surface area contributed by atoms with E-state index in [2.05, 4.69) is 17.0 Å². The Morgan fingerprint density at radius 3 is 2.42 bits per heavy atom. The van der Waals surface area contributed by atoms with Crippen LogP contribution in [0.2, 0.25) is 0 Å². The summed E-state index contributed by atoms with van der Waals surface area (Å²) in [6.45, 7) is 0. The van der Waals surface area contributed by atoms with Crippen molar-refractivity contribution in [2.45, 2.75) is 4.90 Å². The Bertz CT molecular complexity index is 930. The van der Waals surface area contributed by atoms with Gasteiger partial charge in [-0.25, -0.2) is 9.59 Å². The van der Waals surface area contributed by atoms with Crippen LogP contribution in [0.4, 0.5) is 5.69 Å². The second kappa shape index (κ2) is 5.69. The number of nitrogens with zero attached hydrogens (tertiary/aromatic N) is 1. The third-order valence-corrected chi connectivity index (χ3v) is 5.19. The maximum Gasteiger partial charge on any atom is 0.346 e. The Kier molecular flexibility index (Phi) is 3.50. The van der Waals surface area contributed by atoms with Gasteiger partial charge in [-0.2, -0.15) is 0 Å². The van der Waals surface area contributed by atoms with Crippen molar-refractivity contribution in [3.05, 3.63) is 76.8 Å². The van der Waals surface area contributed by atoms with E-state index in [1.165, 1.54) is 4.90 Å². The molecule has 0 atom stereocenters. The monoisotopic (exact) mass is 335 g/mol. The van der Waals surface area contributed by atoms with Crippen molar-refractivity contribution in [3.8, 4) is 0 Å². The third-order valence-electron chi connectivity index (χ3n) is 4.01. The van der Waals surface area contributed by atoms with Crippen LogP contribution in [0.3, 0.4) is 0 Å². The number of hydrogen-bond donors (Lipinski definition) is 0. The summed E-state index contributed by atoms with van der Waals surface area (Å²) < 4.78 is 4.83. The zero-order valence-electron chi connectivity index (χ0n) is 12.9. The van der Waals surface area contributed by atoms with E-state index in [0.717, 1.165) is 10.7 Å². The van der Waals surface area contributed by atoms with Crippen LogP contribution in [0.15, 0.2) is 70.6 Å². The normalized spacial score (nSPS) is 19.5. The van der Waals surface area contributed by atoms with E-state index in [4.69, 9.17) is 4.74 Å². The van der Waals surface area contributed by atoms with Crippen LogP contribution in [0.1, 0.15) is 15.9 Å². The molecule has 0 unspecified atom stereocenters. The molecule has 4 nitrogen and oxygen atoms in total. The number of carbonyl (C=O) groups is 2. The number of allylic oxidation sites excluding steroid dienone is 2. The average molecular weight is 335 g/mol. The zero-order chi connectivity index (χ0) is 16.7. The molecule has 0 radical (unpaired) electrons. The highest BCUT2D eigenvalue weighted by atomic mass is 32.2. The van der Waals surface area contributed by atoms with Crippen LogP contribution in [0.25, 0.3) is 5.57 Å². The van der Waals surface area contributed by atoms with Crippen molar-refractivity contribution in [2.24, 2.45) is 0 Å². The molecule has 4 rings (SSSR count). The number of hydrogen-bond acceptors (Lipinski definition) is 5. The molecule has 2 heterocycles. The molecule has 24 heavy (non-hydrogen) atoms. The quantitative estimate of drug-likeness (QED) is 0.450. The number of anilines is 1. The number of para-hydroxylation sites is 1. The van der Waals surface area contributed by atoms with Gasteiger partial charge in [0.1, 0.15) is 0 Å². The van der Waals surface area contributed by atoms with E-state index >= 15 is 0 Å². The molecule has 2 aliphatic heterocycles. The molecule has 0 aromatic heterocycles. The number of fused-ring (bicyclic) bond motifs is 2. The summed E-state index contributed by atoms with van der Waals surface area (Å²) in [5, 5.41) is 1.01. The number of thioether (sulfide) groups is 1. The van der Waals surface area contributed by atoms with Crippen LogP contribution < -0.4 is 4.90 Å². The van der Waals surface area contributed by atoms with Crippen molar-refractivity contribution < 1.29 is 14.3 Å². The lowest BCUT2D eigenvalue weighted by atomic mass is 9.97. The van der Waals surface area contributed by atoms with Crippen LogP contribution >= 0.6 is 11.8 Å². The highest BCUT2D eigenvalue weighted by Gasteiger charge is 2.29. The van der Waals surface area contributed by atoms with Gasteiger partial charge in [0.15, 0.2) is 0 Å². The summed E-state index contributed by atoms with van der Waals surface area (Å²) in [6.07, 6.45) is 3.60. The SMILES string of the molecule is CN1/C(=C/C=C2\C(=O)OC(=O)c3ccccc32)Sc2ccccc21. The minimum atomic E-state index is -0.612. The van der Waals surface area contributed by atoms with E-state index in [0.29, 0.717) is 16.7 Å². The molecule has 0 bridgehead atoms. The lowest BCUT2D eigenvalue weighted by molar-refractivity contribution is -0.131. The average Bonchev–Trinajstić information content (AvgIpc) is 2.91. The second-order valence-corrected chi connectivity index (χ2v) is 6.50. The van der Waals surface area contributed by atoms with E-state index < -0.39 is 11.9 Å². The Morgan fingerprint density at radius 2 is 1.62 bits per heavy atom. The maximum absolute atomic E-state index is 12.1. The first kappa shape index (κ1) is 14.8. The number of ether oxygens (including phenoxy) is 1. The zero-order valence-corrected chi connectivity index (χ0v) is 13.7. The molecule has 0 N–H and O–H groups in total. The van der Waals surface area contributed by atoms with Gasteiger partial charge in [-0.15, -0.1) is 0 Å². The molecule has 0 saturated heterocycles. The lowest BCUT2D eigenvalue weighted by Crippen LogP contribution is -2.21. The summed E-state index contributed by atoms with van der Waals surface area (Å²) in [6, 6.07) is 15.1. The smallest absolute Gasteiger partial charge is 0.346 e. The van der Waals surface area contributed by atoms with Crippen molar-refractivity contribution >= 4 is 35.0 Å². The molecule has 0 saturated carbocycles. The number of esters is 2. The number of benzene rings is 2. The standard InChI is InChI=1S/C19H13NO3S/c1-20-15-8-4-5-9-16(15)24-17(20)11-10-14-12-6-2-3-7-13(12)18(21)23-19(14)22/h2-11H,1H3/b14-10-,17-11-. The molecular weight excluding hydrogens is 322 g/mol. The lowest BCUT2D eigenvalue weighted by Gasteiger charge is -2.16. The fourth-order valence-electron chi connectivity index (χ4n) is 2.78. The summed E-state index contributed by atoms with van der Waals surface area (Å²) in [4.78, 5) is 27.2. The van der Waals surface area contributed by atoms with Crippen molar-refractivity contribution in [1.82, 2.24) is 0 Å². The first-order valence-corrected chi connectivity index (χ1v) is 8.25. The van der Waals surface area contributed by atoms with E-state index in [1.54, 1.807) is 42.1 Å². The van der Waals surface area contributed by atoms with Gasteiger partial charge in [0.25, 0.3) is 0 Å². The van der Waals surface area contributed by atoms with Crippen LogP contribution in [-0.2, 0) is 9.53 Å². The maximum atomic E-state index is 12.1. The van der Waals surface area contributed by atoms with Gasteiger partial charge < -0.3 is 9.64 Å². The Balaban J connectivity index is 1.74. The molecular formula is C19H13NO3S. The van der Waals surface area contributed by atoms with Gasteiger partial charge in [-0.3, -0.25) is 0 Å². The fourth-order valence-corrected chi connectivity index (χ4v) is 3.83. The molecule has 2 aliphatic rings. The molecule has 5 heteroatoms. The molecule has 2 aromatic carbocycles. The molecule has 0 fully saturated rings. The largest absolute Gasteiger partial charge is 0.386 e. The number of carbonyl (C=O) groups excluding carboxylic acids is 2. The van der Waals surface area contributed by atoms with E-state index in [-0.39, 0.29) is 0 Å². The van der Waals surface area contributed by atoms with Gasteiger partial charge in [-0.05, 0) is 30.4 Å². The van der Waals surface area contributed by atoms with Crippen molar-refractivity contribution in [2.75, 3.05) is 11.9 Å². The first-order chi connectivity index (χ1) is 11.6. The van der Waals surface area contributed by atoms with Crippen LogP contribution in [-0.4, -0.2) is 19.0 Å². The first-order valence-electron chi connectivity index (χ1n) is 7.43. The topological polar surface area (TPSA) is 46.6 Å². The van der Waals surface area contributed by atoms with Crippen molar-refractivity contribution in [1.29, 1.82) is 0 Å². The summed E-state index contributed by atoms with van der Waals surface area (Å²) in [7, 11) is 1.99. The molecule has 0 spiro atoms. The van der Waals surface area contributed by atoms with Gasteiger partial charge in [-0.1, -0.05) is 42.1 Å². The molecule has 118 valence electrons. The molecule has 0 aliphatic carbocycles. The highest BCUT2D eigenvalue weighted by molar-refractivity contribution is 8.03. The number of rotatable bonds is 1. The predicted molar refractivity (Wildman–Crippen MR) is 93.6 cm³/mol. The molecule has 2 aromatic rings. The third kappa shape index (κ3) is 2.34.